The topological polar surface area (TPSA) is 12.0 Å². The van der Waals surface area contributed by atoms with Gasteiger partial charge in [-0.1, -0.05) is 0 Å². The van der Waals surface area contributed by atoms with Crippen LogP contribution in [0.5, 0.6) is 0 Å². The highest BCUT2D eigenvalue weighted by atomic mass is 35.5. The van der Waals surface area contributed by atoms with E-state index in [1.54, 1.807) is 0 Å². The maximum absolute atomic E-state index is 12.5. The van der Waals surface area contributed by atoms with Crippen LogP contribution in [-0.4, -0.2) is 7.05 Å². The molecule has 1 N–H and O–H groups in total. The Morgan fingerprint density at radius 1 is 0.895 bits per heavy atom. The van der Waals surface area contributed by atoms with Crippen LogP contribution in [0, 0.1) is 0 Å². The molecule has 1 atom stereocenters. The summed E-state index contributed by atoms with van der Waals surface area (Å²) >= 11 is 0. The molecule has 1 rings (SSSR count). The SMILES string of the molecule is CNC(C)c1cc(C(F)(F)F)cc(C(F)(F)F)c1.Cl. The normalized spacial score (nSPS) is 13.9. The van der Waals surface area contributed by atoms with Crippen molar-refractivity contribution >= 4 is 12.4 Å². The number of nitrogens with one attached hydrogen (secondary N) is 1. The van der Waals surface area contributed by atoms with Crippen LogP contribution in [-0.2, 0) is 12.4 Å². The molecule has 19 heavy (non-hydrogen) atoms. The second-order valence-corrected chi connectivity index (χ2v) is 3.85. The highest BCUT2D eigenvalue weighted by molar-refractivity contribution is 5.85. The number of hydrogen-bond acceptors (Lipinski definition) is 1. The van der Waals surface area contributed by atoms with Crippen LogP contribution in [0.2, 0.25) is 0 Å². The average Bonchev–Trinajstić information content (AvgIpc) is 2.25. The largest absolute Gasteiger partial charge is 0.416 e. The van der Waals surface area contributed by atoms with Gasteiger partial charge in [0.15, 0.2) is 0 Å². The first-order valence-corrected chi connectivity index (χ1v) is 5.02. The molecule has 0 aliphatic heterocycles. The van der Waals surface area contributed by atoms with Gasteiger partial charge < -0.3 is 5.32 Å². The molecule has 0 saturated heterocycles. The van der Waals surface area contributed by atoms with Gasteiger partial charge in [0.05, 0.1) is 11.1 Å². The lowest BCUT2D eigenvalue weighted by atomic mass is 10.0. The number of benzene rings is 1. The number of halogens is 7. The molecule has 1 nitrogen and oxygen atoms in total. The third-order valence-electron chi connectivity index (χ3n) is 2.54. The molecule has 0 aliphatic carbocycles. The number of rotatable bonds is 2. The van der Waals surface area contributed by atoms with Crippen molar-refractivity contribution in [2.45, 2.75) is 25.3 Å². The summed E-state index contributed by atoms with van der Waals surface area (Å²) in [4.78, 5) is 0. The molecule has 0 aliphatic rings. The van der Waals surface area contributed by atoms with Crippen molar-refractivity contribution in [2.24, 2.45) is 0 Å². The maximum atomic E-state index is 12.5. The molecule has 0 heterocycles. The Morgan fingerprint density at radius 3 is 1.53 bits per heavy atom. The highest BCUT2D eigenvalue weighted by Crippen LogP contribution is 2.37. The van der Waals surface area contributed by atoms with Crippen LogP contribution in [0.3, 0.4) is 0 Å². The molecule has 0 spiro atoms. The predicted molar refractivity (Wildman–Crippen MR) is 61.2 cm³/mol. The van der Waals surface area contributed by atoms with Crippen LogP contribution in [0.1, 0.15) is 29.7 Å². The third-order valence-corrected chi connectivity index (χ3v) is 2.54. The van der Waals surface area contributed by atoms with E-state index in [4.69, 9.17) is 0 Å². The van der Waals surface area contributed by atoms with Gasteiger partial charge >= 0.3 is 12.4 Å². The van der Waals surface area contributed by atoms with Gasteiger partial charge in [-0.15, -0.1) is 12.4 Å². The van der Waals surface area contributed by atoms with E-state index < -0.39 is 29.5 Å². The summed E-state index contributed by atoms with van der Waals surface area (Å²) in [6, 6.07) is 0.951. The zero-order valence-corrected chi connectivity index (χ0v) is 10.8. The molecule has 110 valence electrons. The molecular formula is C11H12ClF6N. The first-order valence-electron chi connectivity index (χ1n) is 5.02. The minimum absolute atomic E-state index is 0. The fourth-order valence-electron chi connectivity index (χ4n) is 1.40. The second-order valence-electron chi connectivity index (χ2n) is 3.85. The van der Waals surface area contributed by atoms with Gasteiger partial charge in [-0.05, 0) is 37.7 Å². The van der Waals surface area contributed by atoms with Gasteiger partial charge in [0.25, 0.3) is 0 Å². The molecule has 0 aromatic heterocycles. The van der Waals surface area contributed by atoms with Crippen LogP contribution < -0.4 is 5.32 Å². The highest BCUT2D eigenvalue weighted by Gasteiger charge is 2.37. The van der Waals surface area contributed by atoms with E-state index in [9.17, 15) is 26.3 Å². The quantitative estimate of drug-likeness (QED) is 0.797. The van der Waals surface area contributed by atoms with Crippen LogP contribution in [0.15, 0.2) is 18.2 Å². The number of hydrogen-bond donors (Lipinski definition) is 1. The zero-order chi connectivity index (χ0) is 14.1. The van der Waals surface area contributed by atoms with Crippen molar-refractivity contribution in [1.29, 1.82) is 0 Å². The van der Waals surface area contributed by atoms with Gasteiger partial charge in [0, 0.05) is 6.04 Å². The van der Waals surface area contributed by atoms with Crippen molar-refractivity contribution in [3.63, 3.8) is 0 Å². The Hall–Kier alpha value is -0.950. The summed E-state index contributed by atoms with van der Waals surface area (Å²) in [5, 5.41) is 2.60. The fraction of sp³-hybridized carbons (Fsp3) is 0.455. The Kier molecular flexibility index (Phi) is 5.70. The lowest BCUT2D eigenvalue weighted by molar-refractivity contribution is -0.143. The monoisotopic (exact) mass is 307 g/mol. The molecular weight excluding hydrogens is 296 g/mol. The van der Waals surface area contributed by atoms with Crippen LogP contribution in [0.4, 0.5) is 26.3 Å². The molecule has 1 aromatic rings. The fourth-order valence-corrected chi connectivity index (χ4v) is 1.40. The van der Waals surface area contributed by atoms with Crippen LogP contribution >= 0.6 is 12.4 Å². The number of alkyl halides is 6. The summed E-state index contributed by atoms with van der Waals surface area (Å²) in [5.41, 5.74) is -2.65. The summed E-state index contributed by atoms with van der Waals surface area (Å²) in [6.07, 6.45) is -9.60. The average molecular weight is 308 g/mol. The van der Waals surface area contributed by atoms with E-state index in [0.717, 1.165) is 12.1 Å². The van der Waals surface area contributed by atoms with Crippen molar-refractivity contribution in [2.75, 3.05) is 7.05 Å². The molecule has 1 aromatic carbocycles. The Bertz CT molecular complexity index is 394. The van der Waals surface area contributed by atoms with Crippen molar-refractivity contribution in [3.05, 3.63) is 34.9 Å². The van der Waals surface area contributed by atoms with E-state index >= 15 is 0 Å². The van der Waals surface area contributed by atoms with Crippen molar-refractivity contribution < 1.29 is 26.3 Å². The van der Waals surface area contributed by atoms with Gasteiger partial charge in [0.2, 0.25) is 0 Å². The predicted octanol–water partition coefficient (Wildman–Crippen LogP) is 4.43. The Morgan fingerprint density at radius 2 is 1.26 bits per heavy atom. The zero-order valence-electron chi connectivity index (χ0n) is 9.99. The summed E-state index contributed by atoms with van der Waals surface area (Å²) < 4.78 is 75.1. The molecule has 0 amide bonds. The molecule has 0 bridgehead atoms. The first kappa shape index (κ1) is 18.0. The molecule has 0 radical (unpaired) electrons. The van der Waals surface area contributed by atoms with E-state index in [-0.39, 0.29) is 24.0 Å². The smallest absolute Gasteiger partial charge is 0.313 e. The molecule has 0 saturated carbocycles. The lowest BCUT2D eigenvalue weighted by Crippen LogP contribution is -2.17. The van der Waals surface area contributed by atoms with Gasteiger partial charge in [0.1, 0.15) is 0 Å². The minimum atomic E-state index is -4.80. The third kappa shape index (κ3) is 4.58. The Labute approximate surface area is 112 Å². The van der Waals surface area contributed by atoms with Gasteiger partial charge in [-0.25, -0.2) is 0 Å². The van der Waals surface area contributed by atoms with E-state index in [2.05, 4.69) is 5.32 Å². The second kappa shape index (κ2) is 6.00. The minimum Gasteiger partial charge on any atom is -0.313 e. The van der Waals surface area contributed by atoms with Crippen LogP contribution in [0.25, 0.3) is 0 Å². The first-order chi connectivity index (χ1) is 8.05. The summed E-state index contributed by atoms with van der Waals surface area (Å²) in [7, 11) is 1.46. The van der Waals surface area contributed by atoms with E-state index in [0.29, 0.717) is 0 Å². The standard InChI is InChI=1S/C11H11F6N.ClH/c1-6(18-2)7-3-8(10(12,13)14)5-9(4-7)11(15,16)17;/h3-6,18H,1-2H3;1H. The molecule has 0 fully saturated rings. The Balaban J connectivity index is 0.00000324. The van der Waals surface area contributed by atoms with Crippen molar-refractivity contribution in [1.82, 2.24) is 5.32 Å². The summed E-state index contributed by atoms with van der Waals surface area (Å²) in [6.45, 7) is 1.48. The van der Waals surface area contributed by atoms with Gasteiger partial charge in [-0.3, -0.25) is 0 Å². The molecule has 1 unspecified atom stereocenters. The summed E-state index contributed by atoms with van der Waals surface area (Å²) in [5.74, 6) is 0. The maximum Gasteiger partial charge on any atom is 0.416 e. The lowest BCUT2D eigenvalue weighted by Gasteiger charge is -2.17. The molecule has 8 heteroatoms. The van der Waals surface area contributed by atoms with Gasteiger partial charge in [-0.2, -0.15) is 26.3 Å². The van der Waals surface area contributed by atoms with E-state index in [1.807, 2.05) is 0 Å². The van der Waals surface area contributed by atoms with E-state index in [1.165, 1.54) is 14.0 Å². The van der Waals surface area contributed by atoms with Crippen molar-refractivity contribution in [3.8, 4) is 0 Å².